The average molecular weight is 377 g/mol. The lowest BCUT2D eigenvalue weighted by atomic mass is 9.73. The molecule has 0 bridgehead atoms. The zero-order chi connectivity index (χ0) is 19.7. The molecule has 28 heavy (non-hydrogen) atoms. The molecule has 5 nitrogen and oxygen atoms in total. The quantitative estimate of drug-likeness (QED) is 0.870. The minimum absolute atomic E-state index is 0.138. The first-order valence-electron chi connectivity index (χ1n) is 9.47. The fourth-order valence-electron chi connectivity index (χ4n) is 4.23. The van der Waals surface area contributed by atoms with Crippen molar-refractivity contribution in [2.75, 3.05) is 7.05 Å². The Morgan fingerprint density at radius 3 is 2.21 bits per heavy atom. The molecule has 0 radical (unpaired) electrons. The number of hydrogen-bond donors (Lipinski definition) is 1. The van der Waals surface area contributed by atoms with E-state index in [4.69, 9.17) is 9.47 Å². The van der Waals surface area contributed by atoms with E-state index in [2.05, 4.69) is 29.6 Å². The van der Waals surface area contributed by atoms with Gasteiger partial charge in [0.2, 0.25) is 6.29 Å². The molecule has 1 heterocycles. The fourth-order valence-corrected chi connectivity index (χ4v) is 4.23. The van der Waals surface area contributed by atoms with Crippen LogP contribution in [-0.4, -0.2) is 30.8 Å². The summed E-state index contributed by atoms with van der Waals surface area (Å²) in [5.41, 5.74) is 3.39. The number of ketones is 1. The molecule has 144 valence electrons. The summed E-state index contributed by atoms with van der Waals surface area (Å²) in [4.78, 5) is 24.7. The summed E-state index contributed by atoms with van der Waals surface area (Å²) in [7, 11) is 1.48. The average Bonchev–Trinajstić information content (AvgIpc) is 2.88. The smallest absolute Gasteiger partial charge is 0.409 e. The zero-order valence-electron chi connectivity index (χ0n) is 16.0. The molecule has 0 saturated heterocycles. The topological polar surface area (TPSA) is 64.6 Å². The molecular weight excluding hydrogens is 354 g/mol. The highest BCUT2D eigenvalue weighted by Gasteiger charge is 2.48. The molecule has 0 spiro atoms. The Balaban J connectivity index is 1.84. The van der Waals surface area contributed by atoms with Crippen LogP contribution in [0.5, 0.6) is 0 Å². The molecule has 1 aliphatic carbocycles. The molecule has 1 amide bonds. The van der Waals surface area contributed by atoms with Gasteiger partial charge in [0.15, 0.2) is 5.78 Å². The van der Waals surface area contributed by atoms with E-state index in [0.29, 0.717) is 0 Å². The highest BCUT2D eigenvalue weighted by Crippen LogP contribution is 2.45. The molecule has 1 N–H and O–H groups in total. The van der Waals surface area contributed by atoms with Gasteiger partial charge in [0, 0.05) is 13.0 Å². The van der Waals surface area contributed by atoms with Crippen molar-refractivity contribution >= 4 is 11.9 Å². The normalized spacial score (nSPS) is 24.1. The standard InChI is InChI=1S/C23H23NO4/c1-23(19(25)13-14-20(28-23)27-22(26)24-2)21-17-9-5-3-7-15(17)11-12-16-8-4-6-10-18(16)21/h3-10,13-14,20-21H,11-12H2,1-2H3,(H,24,26)/t20-,23+/m1/s1. The zero-order valence-corrected chi connectivity index (χ0v) is 16.0. The minimum atomic E-state index is -1.19. The van der Waals surface area contributed by atoms with Gasteiger partial charge in [-0.05, 0) is 54.2 Å². The second-order valence-electron chi connectivity index (χ2n) is 7.30. The van der Waals surface area contributed by atoms with Crippen molar-refractivity contribution in [3.63, 3.8) is 0 Å². The van der Waals surface area contributed by atoms with Crippen molar-refractivity contribution < 1.29 is 19.1 Å². The Labute approximate surface area is 164 Å². The molecule has 0 fully saturated rings. The molecule has 1 aliphatic heterocycles. The van der Waals surface area contributed by atoms with Crippen LogP contribution in [0.15, 0.2) is 60.7 Å². The van der Waals surface area contributed by atoms with Gasteiger partial charge in [-0.3, -0.25) is 4.79 Å². The molecule has 2 atom stereocenters. The Morgan fingerprint density at radius 2 is 1.64 bits per heavy atom. The fraction of sp³-hybridized carbons (Fsp3) is 0.304. The van der Waals surface area contributed by atoms with Gasteiger partial charge in [-0.2, -0.15) is 0 Å². The van der Waals surface area contributed by atoms with Crippen LogP contribution in [0.1, 0.15) is 35.1 Å². The van der Waals surface area contributed by atoms with Crippen LogP contribution in [0.25, 0.3) is 0 Å². The van der Waals surface area contributed by atoms with Gasteiger partial charge in [0.05, 0.1) is 0 Å². The number of fused-ring (bicyclic) bond motifs is 2. The number of benzene rings is 2. The van der Waals surface area contributed by atoms with Gasteiger partial charge in [-0.15, -0.1) is 0 Å². The molecule has 2 aromatic rings. The summed E-state index contributed by atoms with van der Waals surface area (Å²) in [6.45, 7) is 1.79. The van der Waals surface area contributed by atoms with E-state index in [0.717, 1.165) is 24.0 Å². The second-order valence-corrected chi connectivity index (χ2v) is 7.30. The Hall–Kier alpha value is -2.92. The van der Waals surface area contributed by atoms with Gasteiger partial charge in [-0.25, -0.2) is 4.79 Å². The lowest BCUT2D eigenvalue weighted by molar-refractivity contribution is -0.177. The van der Waals surface area contributed by atoms with Crippen LogP contribution < -0.4 is 5.32 Å². The van der Waals surface area contributed by atoms with E-state index in [1.807, 2.05) is 24.3 Å². The maximum atomic E-state index is 13.1. The van der Waals surface area contributed by atoms with Crippen LogP contribution in [0.2, 0.25) is 0 Å². The summed E-state index contributed by atoms with van der Waals surface area (Å²) in [6, 6.07) is 16.4. The van der Waals surface area contributed by atoms with E-state index in [-0.39, 0.29) is 11.7 Å². The van der Waals surface area contributed by atoms with Crippen LogP contribution in [-0.2, 0) is 27.1 Å². The molecule has 2 aromatic carbocycles. The molecule has 5 heteroatoms. The van der Waals surface area contributed by atoms with Crippen LogP contribution >= 0.6 is 0 Å². The molecule has 0 aromatic heterocycles. The maximum absolute atomic E-state index is 13.1. The summed E-state index contributed by atoms with van der Waals surface area (Å²) in [6.07, 6.45) is 3.23. The van der Waals surface area contributed by atoms with Crippen LogP contribution in [0.3, 0.4) is 0 Å². The highest BCUT2D eigenvalue weighted by molar-refractivity contribution is 5.99. The summed E-state index contributed by atoms with van der Waals surface area (Å²) >= 11 is 0. The van der Waals surface area contributed by atoms with Crippen molar-refractivity contribution in [3.8, 4) is 0 Å². The second kappa shape index (κ2) is 7.24. The number of carbonyl (C=O) groups excluding carboxylic acids is 2. The number of hydrogen-bond acceptors (Lipinski definition) is 4. The third-order valence-electron chi connectivity index (χ3n) is 5.63. The Kier molecular flexibility index (Phi) is 4.77. The number of ether oxygens (including phenoxy) is 2. The monoisotopic (exact) mass is 377 g/mol. The van der Waals surface area contributed by atoms with Crippen molar-refractivity contribution in [1.82, 2.24) is 5.32 Å². The summed E-state index contributed by atoms with van der Waals surface area (Å²) < 4.78 is 11.4. The highest BCUT2D eigenvalue weighted by atomic mass is 16.7. The van der Waals surface area contributed by atoms with Gasteiger partial charge < -0.3 is 14.8 Å². The van der Waals surface area contributed by atoms with Crippen molar-refractivity contribution in [2.45, 2.75) is 37.6 Å². The molecular formula is C23H23NO4. The molecule has 0 saturated carbocycles. The lowest BCUT2D eigenvalue weighted by Crippen LogP contribution is -2.50. The van der Waals surface area contributed by atoms with Gasteiger partial charge in [0.25, 0.3) is 0 Å². The number of alkyl carbamates (subject to hydrolysis) is 1. The Bertz CT molecular complexity index is 904. The first-order valence-corrected chi connectivity index (χ1v) is 9.47. The van der Waals surface area contributed by atoms with Crippen molar-refractivity contribution in [3.05, 3.63) is 82.9 Å². The lowest BCUT2D eigenvalue weighted by Gasteiger charge is -2.40. The summed E-state index contributed by atoms with van der Waals surface area (Å²) in [5.74, 6) is -0.434. The van der Waals surface area contributed by atoms with Gasteiger partial charge in [0.1, 0.15) is 5.60 Å². The maximum Gasteiger partial charge on any atom is 0.409 e. The van der Waals surface area contributed by atoms with E-state index in [1.54, 1.807) is 6.92 Å². The van der Waals surface area contributed by atoms with Crippen LogP contribution in [0, 0.1) is 0 Å². The molecule has 0 unspecified atom stereocenters. The van der Waals surface area contributed by atoms with E-state index < -0.39 is 18.0 Å². The third-order valence-corrected chi connectivity index (χ3v) is 5.63. The number of aryl methyl sites for hydroxylation is 2. The predicted molar refractivity (Wildman–Crippen MR) is 105 cm³/mol. The number of rotatable bonds is 2. The third kappa shape index (κ3) is 3.12. The largest absolute Gasteiger partial charge is 0.416 e. The first-order chi connectivity index (χ1) is 13.5. The molecule has 4 rings (SSSR count). The van der Waals surface area contributed by atoms with Crippen LogP contribution in [0.4, 0.5) is 4.79 Å². The first kappa shape index (κ1) is 18.4. The van der Waals surface area contributed by atoms with E-state index in [1.165, 1.54) is 30.3 Å². The summed E-state index contributed by atoms with van der Waals surface area (Å²) in [5, 5.41) is 2.41. The number of carbonyl (C=O) groups is 2. The van der Waals surface area contributed by atoms with E-state index in [9.17, 15) is 9.59 Å². The van der Waals surface area contributed by atoms with E-state index >= 15 is 0 Å². The number of amides is 1. The molecule has 2 aliphatic rings. The Morgan fingerprint density at radius 1 is 1.07 bits per heavy atom. The predicted octanol–water partition coefficient (Wildman–Crippen LogP) is 3.51. The SMILES string of the molecule is CNC(=O)O[C@H]1C=CC(=O)[C@@](C)(C2c3ccccc3CCc3ccccc32)O1. The van der Waals surface area contributed by atoms with Crippen molar-refractivity contribution in [2.24, 2.45) is 0 Å². The minimum Gasteiger partial charge on any atom is -0.416 e. The van der Waals surface area contributed by atoms with Gasteiger partial charge in [-0.1, -0.05) is 48.5 Å². The van der Waals surface area contributed by atoms with Crippen molar-refractivity contribution in [1.29, 1.82) is 0 Å². The van der Waals surface area contributed by atoms with Gasteiger partial charge >= 0.3 is 6.09 Å². The number of nitrogens with one attached hydrogen (secondary N) is 1.